The van der Waals surface area contributed by atoms with Gasteiger partial charge in [0.25, 0.3) is 0 Å². The van der Waals surface area contributed by atoms with Crippen molar-refractivity contribution in [3.8, 4) is 11.6 Å². The first kappa shape index (κ1) is 13.1. The van der Waals surface area contributed by atoms with E-state index in [-0.39, 0.29) is 23.2 Å². The summed E-state index contributed by atoms with van der Waals surface area (Å²) in [6.07, 6.45) is 0. The van der Waals surface area contributed by atoms with Crippen LogP contribution in [0, 0.1) is 5.82 Å². The number of ether oxygens (including phenoxy) is 1. The molecule has 1 aromatic heterocycles. The summed E-state index contributed by atoms with van der Waals surface area (Å²) < 4.78 is 18.9. The maximum atomic E-state index is 13.6. The molecule has 0 aliphatic rings. The number of benzene rings is 1. The van der Waals surface area contributed by atoms with Crippen molar-refractivity contribution in [1.29, 1.82) is 0 Å². The SMILES string of the molecule is NCc1nc(Oc2cccc(Cl)c2F)ccc1Cl. The van der Waals surface area contributed by atoms with Crippen LogP contribution in [0.15, 0.2) is 30.3 Å². The zero-order valence-corrected chi connectivity index (χ0v) is 10.7. The molecule has 3 nitrogen and oxygen atoms in total. The Bertz CT molecular complexity index is 578. The van der Waals surface area contributed by atoms with Crippen LogP contribution in [0.3, 0.4) is 0 Å². The van der Waals surface area contributed by atoms with Crippen LogP contribution >= 0.6 is 23.2 Å². The van der Waals surface area contributed by atoms with E-state index in [1.165, 1.54) is 18.2 Å². The molecule has 6 heteroatoms. The molecule has 2 N–H and O–H groups in total. The Morgan fingerprint density at radius 1 is 1.17 bits per heavy atom. The summed E-state index contributed by atoms with van der Waals surface area (Å²) in [4.78, 5) is 4.07. The van der Waals surface area contributed by atoms with Gasteiger partial charge in [0, 0.05) is 12.6 Å². The maximum absolute atomic E-state index is 13.6. The molecular formula is C12H9Cl2FN2O. The Kier molecular flexibility index (Phi) is 4.01. The number of aromatic nitrogens is 1. The third-order valence-electron chi connectivity index (χ3n) is 2.22. The molecule has 94 valence electrons. The highest BCUT2D eigenvalue weighted by Gasteiger charge is 2.10. The predicted octanol–water partition coefficient (Wildman–Crippen LogP) is 3.78. The second-order valence-corrected chi connectivity index (χ2v) is 4.25. The average Bonchev–Trinajstić information content (AvgIpc) is 2.37. The summed E-state index contributed by atoms with van der Waals surface area (Å²) in [5.41, 5.74) is 5.95. The molecule has 0 saturated carbocycles. The third kappa shape index (κ3) is 2.72. The number of hydrogen-bond donors (Lipinski definition) is 1. The van der Waals surface area contributed by atoms with Crippen LogP contribution in [0.25, 0.3) is 0 Å². The van der Waals surface area contributed by atoms with Crippen molar-refractivity contribution in [3.63, 3.8) is 0 Å². The van der Waals surface area contributed by atoms with Crippen molar-refractivity contribution in [2.45, 2.75) is 6.54 Å². The summed E-state index contributed by atoms with van der Waals surface area (Å²) in [6, 6.07) is 7.60. The Labute approximate surface area is 113 Å². The lowest BCUT2D eigenvalue weighted by atomic mass is 10.3. The number of rotatable bonds is 3. The van der Waals surface area contributed by atoms with Crippen molar-refractivity contribution < 1.29 is 9.13 Å². The molecule has 0 radical (unpaired) electrons. The highest BCUT2D eigenvalue weighted by molar-refractivity contribution is 6.31. The largest absolute Gasteiger partial charge is 0.436 e. The van der Waals surface area contributed by atoms with Crippen LogP contribution in [-0.4, -0.2) is 4.98 Å². The van der Waals surface area contributed by atoms with E-state index in [0.717, 1.165) is 0 Å². The summed E-state index contributed by atoms with van der Waals surface area (Å²) in [5.74, 6) is -0.425. The Hall–Kier alpha value is -1.36. The minimum Gasteiger partial charge on any atom is -0.436 e. The van der Waals surface area contributed by atoms with Gasteiger partial charge in [-0.1, -0.05) is 29.3 Å². The molecule has 2 aromatic rings. The van der Waals surface area contributed by atoms with Gasteiger partial charge >= 0.3 is 0 Å². The molecule has 18 heavy (non-hydrogen) atoms. The minimum atomic E-state index is -0.634. The number of pyridine rings is 1. The smallest absolute Gasteiger partial charge is 0.219 e. The molecule has 0 aliphatic carbocycles. The van der Waals surface area contributed by atoms with Crippen molar-refractivity contribution in [2.24, 2.45) is 5.73 Å². The zero-order chi connectivity index (χ0) is 13.1. The van der Waals surface area contributed by atoms with E-state index in [9.17, 15) is 4.39 Å². The normalized spacial score (nSPS) is 10.4. The first-order valence-electron chi connectivity index (χ1n) is 5.09. The maximum Gasteiger partial charge on any atom is 0.219 e. The van der Waals surface area contributed by atoms with E-state index in [4.69, 9.17) is 33.7 Å². The standard InChI is InChI=1S/C12H9Cl2FN2O/c13-7-4-5-11(17-9(7)6-16)18-10-3-1-2-8(14)12(10)15/h1-5H,6,16H2. The van der Waals surface area contributed by atoms with Crippen LogP contribution in [0.1, 0.15) is 5.69 Å². The van der Waals surface area contributed by atoms with E-state index >= 15 is 0 Å². The minimum absolute atomic E-state index is 0.000272. The molecular weight excluding hydrogens is 278 g/mol. The third-order valence-corrected chi connectivity index (χ3v) is 2.85. The lowest BCUT2D eigenvalue weighted by Gasteiger charge is -2.08. The van der Waals surface area contributed by atoms with Crippen LogP contribution in [0.4, 0.5) is 4.39 Å². The molecule has 0 unspecified atom stereocenters. The van der Waals surface area contributed by atoms with Gasteiger partial charge in [-0.25, -0.2) is 9.37 Å². The van der Waals surface area contributed by atoms with Crippen molar-refractivity contribution >= 4 is 23.2 Å². The molecule has 0 amide bonds. The predicted molar refractivity (Wildman–Crippen MR) is 68.6 cm³/mol. The second kappa shape index (κ2) is 5.52. The lowest BCUT2D eigenvalue weighted by molar-refractivity contribution is 0.426. The lowest BCUT2D eigenvalue weighted by Crippen LogP contribution is -2.02. The van der Waals surface area contributed by atoms with Gasteiger partial charge in [-0.2, -0.15) is 0 Å². The molecule has 0 bridgehead atoms. The fourth-order valence-electron chi connectivity index (χ4n) is 1.34. The van der Waals surface area contributed by atoms with E-state index in [1.54, 1.807) is 12.1 Å². The van der Waals surface area contributed by atoms with Gasteiger partial charge in [0.05, 0.1) is 15.7 Å². The Balaban J connectivity index is 2.31. The van der Waals surface area contributed by atoms with Crippen molar-refractivity contribution in [1.82, 2.24) is 4.98 Å². The first-order chi connectivity index (χ1) is 8.61. The van der Waals surface area contributed by atoms with E-state index in [0.29, 0.717) is 10.7 Å². The van der Waals surface area contributed by atoms with Crippen LogP contribution in [-0.2, 0) is 6.54 Å². The Morgan fingerprint density at radius 2 is 1.94 bits per heavy atom. The van der Waals surface area contributed by atoms with Gasteiger partial charge in [-0.05, 0) is 18.2 Å². The van der Waals surface area contributed by atoms with E-state index < -0.39 is 5.82 Å². The molecule has 2 rings (SSSR count). The monoisotopic (exact) mass is 286 g/mol. The summed E-state index contributed by atoms with van der Waals surface area (Å²) in [5, 5.41) is 0.428. The van der Waals surface area contributed by atoms with Gasteiger partial charge in [0.2, 0.25) is 5.88 Å². The number of halogens is 3. The van der Waals surface area contributed by atoms with E-state index in [1.807, 2.05) is 0 Å². The molecule has 1 aromatic carbocycles. The number of hydrogen-bond acceptors (Lipinski definition) is 3. The molecule has 0 atom stereocenters. The van der Waals surface area contributed by atoms with Crippen molar-refractivity contribution in [2.75, 3.05) is 0 Å². The number of nitrogens with zero attached hydrogens (tertiary/aromatic N) is 1. The highest BCUT2D eigenvalue weighted by Crippen LogP contribution is 2.28. The molecule has 1 heterocycles. The highest BCUT2D eigenvalue weighted by atomic mass is 35.5. The summed E-state index contributed by atoms with van der Waals surface area (Å²) >= 11 is 11.5. The summed E-state index contributed by atoms with van der Waals surface area (Å²) in [7, 11) is 0. The van der Waals surface area contributed by atoms with Gasteiger partial charge < -0.3 is 10.5 Å². The van der Waals surface area contributed by atoms with Gasteiger partial charge in [-0.15, -0.1) is 0 Å². The van der Waals surface area contributed by atoms with Gasteiger partial charge in [0.15, 0.2) is 11.6 Å². The topological polar surface area (TPSA) is 48.1 Å². The summed E-state index contributed by atoms with van der Waals surface area (Å²) in [6.45, 7) is 0.175. The van der Waals surface area contributed by atoms with Gasteiger partial charge in [0.1, 0.15) is 0 Å². The fourth-order valence-corrected chi connectivity index (χ4v) is 1.69. The average molecular weight is 287 g/mol. The zero-order valence-electron chi connectivity index (χ0n) is 9.16. The molecule has 0 spiro atoms. The van der Waals surface area contributed by atoms with Gasteiger partial charge in [-0.3, -0.25) is 0 Å². The van der Waals surface area contributed by atoms with E-state index in [2.05, 4.69) is 4.98 Å². The van der Waals surface area contributed by atoms with Crippen LogP contribution in [0.5, 0.6) is 11.6 Å². The molecule has 0 saturated heterocycles. The quantitative estimate of drug-likeness (QED) is 0.934. The van der Waals surface area contributed by atoms with Crippen LogP contribution in [0.2, 0.25) is 10.0 Å². The fraction of sp³-hybridized carbons (Fsp3) is 0.0833. The first-order valence-corrected chi connectivity index (χ1v) is 5.84. The molecule has 0 fully saturated rings. The number of nitrogens with two attached hydrogens (primary N) is 1. The second-order valence-electron chi connectivity index (χ2n) is 3.44. The molecule has 0 aliphatic heterocycles. The van der Waals surface area contributed by atoms with Crippen molar-refractivity contribution in [3.05, 3.63) is 51.9 Å². The van der Waals surface area contributed by atoms with Crippen LogP contribution < -0.4 is 10.5 Å². The Morgan fingerprint density at radius 3 is 2.67 bits per heavy atom.